The SMILES string of the molecule is CC1CCC(N2C(=O)CC3(CCCC3)C2=O)CN1. The first kappa shape index (κ1) is 12.2. The highest BCUT2D eigenvalue weighted by Crippen LogP contribution is 2.47. The van der Waals surface area contributed by atoms with Crippen LogP contribution in [0.4, 0.5) is 0 Å². The molecule has 3 aliphatic rings. The Labute approximate surface area is 108 Å². The van der Waals surface area contributed by atoms with Crippen molar-refractivity contribution in [2.24, 2.45) is 5.41 Å². The first-order valence-corrected chi connectivity index (χ1v) is 7.22. The second-order valence-corrected chi connectivity index (χ2v) is 6.27. The van der Waals surface area contributed by atoms with Crippen molar-refractivity contribution in [1.82, 2.24) is 10.2 Å². The van der Waals surface area contributed by atoms with Crippen molar-refractivity contribution in [1.29, 1.82) is 0 Å². The van der Waals surface area contributed by atoms with Crippen molar-refractivity contribution < 1.29 is 9.59 Å². The summed E-state index contributed by atoms with van der Waals surface area (Å²) in [5.74, 6) is 0.203. The summed E-state index contributed by atoms with van der Waals surface area (Å²) in [4.78, 5) is 26.4. The average Bonchev–Trinajstić information content (AvgIpc) is 2.89. The maximum atomic E-state index is 12.6. The van der Waals surface area contributed by atoms with Crippen LogP contribution in [0.2, 0.25) is 0 Å². The predicted molar refractivity (Wildman–Crippen MR) is 67.9 cm³/mol. The van der Waals surface area contributed by atoms with Crippen molar-refractivity contribution in [3.05, 3.63) is 0 Å². The lowest BCUT2D eigenvalue weighted by atomic mass is 9.84. The number of amides is 2. The van der Waals surface area contributed by atoms with E-state index in [-0.39, 0.29) is 23.3 Å². The van der Waals surface area contributed by atoms with E-state index in [1.54, 1.807) is 4.90 Å². The summed E-state index contributed by atoms with van der Waals surface area (Å²) in [5, 5.41) is 3.38. The Kier molecular flexibility index (Phi) is 2.93. The highest BCUT2D eigenvalue weighted by molar-refractivity contribution is 6.06. The van der Waals surface area contributed by atoms with Crippen molar-refractivity contribution in [3.8, 4) is 0 Å². The van der Waals surface area contributed by atoms with Crippen LogP contribution in [0.3, 0.4) is 0 Å². The summed E-state index contributed by atoms with van der Waals surface area (Å²) >= 11 is 0. The number of imide groups is 1. The van der Waals surface area contributed by atoms with E-state index in [1.807, 2.05) is 0 Å². The molecule has 0 bridgehead atoms. The number of nitrogens with one attached hydrogen (secondary N) is 1. The van der Waals surface area contributed by atoms with E-state index in [2.05, 4.69) is 12.2 Å². The average molecular weight is 250 g/mol. The number of hydrogen-bond acceptors (Lipinski definition) is 3. The van der Waals surface area contributed by atoms with Crippen LogP contribution in [0.5, 0.6) is 0 Å². The molecule has 2 aliphatic heterocycles. The highest BCUT2D eigenvalue weighted by atomic mass is 16.2. The van der Waals surface area contributed by atoms with Gasteiger partial charge in [0.25, 0.3) is 0 Å². The monoisotopic (exact) mass is 250 g/mol. The fourth-order valence-corrected chi connectivity index (χ4v) is 3.84. The number of carbonyl (C=O) groups is 2. The van der Waals surface area contributed by atoms with Gasteiger partial charge in [-0.2, -0.15) is 0 Å². The Bertz CT molecular complexity index is 366. The minimum absolute atomic E-state index is 0.0725. The number of piperidine rings is 1. The number of rotatable bonds is 1. The standard InChI is InChI=1S/C14H22N2O2/c1-10-4-5-11(9-15-10)16-12(17)8-14(13(16)18)6-2-3-7-14/h10-11,15H,2-9H2,1H3. The molecular weight excluding hydrogens is 228 g/mol. The zero-order chi connectivity index (χ0) is 12.8. The Balaban J connectivity index is 1.76. The summed E-state index contributed by atoms with van der Waals surface area (Å²) < 4.78 is 0. The third-order valence-electron chi connectivity index (χ3n) is 4.99. The molecule has 1 spiro atoms. The Hall–Kier alpha value is -0.900. The van der Waals surface area contributed by atoms with E-state index in [0.717, 1.165) is 45.1 Å². The van der Waals surface area contributed by atoms with Crippen LogP contribution in [0.1, 0.15) is 51.9 Å². The smallest absolute Gasteiger partial charge is 0.236 e. The number of carbonyl (C=O) groups excluding carboxylic acids is 2. The van der Waals surface area contributed by atoms with Crippen LogP contribution in [-0.2, 0) is 9.59 Å². The Morgan fingerprint density at radius 1 is 1.22 bits per heavy atom. The Morgan fingerprint density at radius 2 is 1.94 bits per heavy atom. The highest BCUT2D eigenvalue weighted by Gasteiger charge is 2.54. The lowest BCUT2D eigenvalue weighted by Gasteiger charge is -2.34. The third kappa shape index (κ3) is 1.78. The largest absolute Gasteiger partial charge is 0.312 e. The van der Waals surface area contributed by atoms with Gasteiger partial charge < -0.3 is 5.32 Å². The number of hydrogen-bond donors (Lipinski definition) is 1. The van der Waals surface area contributed by atoms with Gasteiger partial charge in [0.2, 0.25) is 11.8 Å². The van der Waals surface area contributed by atoms with Gasteiger partial charge in [0.15, 0.2) is 0 Å². The van der Waals surface area contributed by atoms with Gasteiger partial charge in [-0.15, -0.1) is 0 Å². The number of likely N-dealkylation sites (tertiary alicyclic amines) is 1. The van der Waals surface area contributed by atoms with Crippen LogP contribution in [0, 0.1) is 5.41 Å². The van der Waals surface area contributed by atoms with Gasteiger partial charge in [-0.3, -0.25) is 14.5 Å². The Morgan fingerprint density at radius 3 is 2.56 bits per heavy atom. The van der Waals surface area contributed by atoms with Gasteiger partial charge in [0.1, 0.15) is 0 Å². The molecule has 18 heavy (non-hydrogen) atoms. The molecule has 3 fully saturated rings. The molecule has 2 unspecified atom stereocenters. The second-order valence-electron chi connectivity index (χ2n) is 6.27. The summed E-state index contributed by atoms with van der Waals surface area (Å²) in [5.41, 5.74) is -0.305. The van der Waals surface area contributed by atoms with Crippen LogP contribution in [-0.4, -0.2) is 35.3 Å². The molecule has 3 rings (SSSR count). The zero-order valence-electron chi connectivity index (χ0n) is 11.1. The van der Waals surface area contributed by atoms with Gasteiger partial charge >= 0.3 is 0 Å². The minimum Gasteiger partial charge on any atom is -0.312 e. The molecular formula is C14H22N2O2. The molecule has 2 heterocycles. The van der Waals surface area contributed by atoms with Crippen molar-refractivity contribution >= 4 is 11.8 Å². The van der Waals surface area contributed by atoms with E-state index >= 15 is 0 Å². The predicted octanol–water partition coefficient (Wildman–Crippen LogP) is 1.45. The van der Waals surface area contributed by atoms with Crippen LogP contribution < -0.4 is 5.32 Å². The quantitative estimate of drug-likeness (QED) is 0.717. The van der Waals surface area contributed by atoms with E-state index in [9.17, 15) is 9.59 Å². The number of nitrogens with zero attached hydrogens (tertiary/aromatic N) is 1. The molecule has 0 radical (unpaired) electrons. The molecule has 4 heteroatoms. The van der Waals surface area contributed by atoms with Gasteiger partial charge in [0.05, 0.1) is 11.5 Å². The molecule has 2 atom stereocenters. The molecule has 0 aromatic rings. The fraction of sp³-hybridized carbons (Fsp3) is 0.857. The van der Waals surface area contributed by atoms with Crippen molar-refractivity contribution in [3.63, 3.8) is 0 Å². The maximum absolute atomic E-state index is 12.6. The molecule has 4 nitrogen and oxygen atoms in total. The van der Waals surface area contributed by atoms with E-state index < -0.39 is 0 Å². The molecule has 1 N–H and O–H groups in total. The van der Waals surface area contributed by atoms with E-state index in [0.29, 0.717) is 12.5 Å². The summed E-state index contributed by atoms with van der Waals surface area (Å²) in [6.07, 6.45) is 6.53. The summed E-state index contributed by atoms with van der Waals surface area (Å²) in [6, 6.07) is 0.607. The first-order valence-electron chi connectivity index (χ1n) is 7.22. The molecule has 2 saturated heterocycles. The van der Waals surface area contributed by atoms with E-state index in [4.69, 9.17) is 0 Å². The van der Waals surface area contributed by atoms with Crippen LogP contribution in [0.25, 0.3) is 0 Å². The zero-order valence-corrected chi connectivity index (χ0v) is 11.1. The molecule has 0 aromatic heterocycles. The first-order chi connectivity index (χ1) is 8.62. The molecule has 100 valence electrons. The molecule has 2 amide bonds. The van der Waals surface area contributed by atoms with E-state index in [1.165, 1.54) is 0 Å². The van der Waals surface area contributed by atoms with Crippen LogP contribution in [0.15, 0.2) is 0 Å². The topological polar surface area (TPSA) is 49.4 Å². The van der Waals surface area contributed by atoms with Crippen molar-refractivity contribution in [2.75, 3.05) is 6.54 Å². The van der Waals surface area contributed by atoms with Gasteiger partial charge in [-0.1, -0.05) is 12.8 Å². The molecule has 1 saturated carbocycles. The normalized spacial score (nSPS) is 35.7. The van der Waals surface area contributed by atoms with Crippen LogP contribution >= 0.6 is 0 Å². The maximum Gasteiger partial charge on any atom is 0.236 e. The van der Waals surface area contributed by atoms with Gasteiger partial charge in [-0.05, 0) is 32.6 Å². The molecule has 1 aliphatic carbocycles. The van der Waals surface area contributed by atoms with Gasteiger partial charge in [0, 0.05) is 19.0 Å². The lowest BCUT2D eigenvalue weighted by molar-refractivity contribution is -0.144. The summed E-state index contributed by atoms with van der Waals surface area (Å²) in [6.45, 7) is 2.93. The second kappa shape index (κ2) is 4.34. The third-order valence-corrected chi connectivity index (χ3v) is 4.99. The fourth-order valence-electron chi connectivity index (χ4n) is 3.84. The minimum atomic E-state index is -0.305. The molecule has 0 aromatic carbocycles. The lowest BCUT2D eigenvalue weighted by Crippen LogP contribution is -2.51. The van der Waals surface area contributed by atoms with Gasteiger partial charge in [-0.25, -0.2) is 0 Å². The van der Waals surface area contributed by atoms with Crippen molar-refractivity contribution in [2.45, 2.75) is 64.0 Å². The summed E-state index contributed by atoms with van der Waals surface area (Å²) in [7, 11) is 0.